The quantitative estimate of drug-likeness (QED) is 0.906. The van der Waals surface area contributed by atoms with E-state index < -0.39 is 0 Å². The summed E-state index contributed by atoms with van der Waals surface area (Å²) in [6, 6.07) is 3.16. The standard InChI is InChI=1S/C11H11BrFNO/c1-6-7-3-8(12)9(13)4-10(7)15-11(6)5-14-2/h3-4,14H,5H2,1-2H3. The minimum absolute atomic E-state index is 0.299. The molecule has 0 spiro atoms. The molecule has 0 radical (unpaired) electrons. The van der Waals surface area contributed by atoms with Crippen molar-refractivity contribution in [1.82, 2.24) is 5.32 Å². The van der Waals surface area contributed by atoms with Crippen molar-refractivity contribution in [3.8, 4) is 0 Å². The smallest absolute Gasteiger partial charge is 0.141 e. The molecule has 80 valence electrons. The average Bonchev–Trinajstić information content (AvgIpc) is 2.47. The summed E-state index contributed by atoms with van der Waals surface area (Å²) in [6.07, 6.45) is 0. The Morgan fingerprint density at radius 2 is 2.20 bits per heavy atom. The molecular weight excluding hydrogens is 261 g/mol. The topological polar surface area (TPSA) is 25.2 Å². The first-order chi connectivity index (χ1) is 7.13. The highest BCUT2D eigenvalue weighted by molar-refractivity contribution is 9.10. The largest absolute Gasteiger partial charge is 0.459 e. The van der Waals surface area contributed by atoms with Crippen molar-refractivity contribution in [2.75, 3.05) is 7.05 Å². The molecule has 0 fully saturated rings. The summed E-state index contributed by atoms with van der Waals surface area (Å²) in [5.74, 6) is 0.553. The molecule has 0 atom stereocenters. The van der Waals surface area contributed by atoms with Gasteiger partial charge in [-0.25, -0.2) is 4.39 Å². The molecule has 0 aliphatic rings. The fourth-order valence-corrected chi connectivity index (χ4v) is 1.94. The summed E-state index contributed by atoms with van der Waals surface area (Å²) < 4.78 is 19.3. The highest BCUT2D eigenvalue weighted by atomic mass is 79.9. The lowest BCUT2D eigenvalue weighted by Gasteiger charge is -1.95. The molecule has 0 aliphatic carbocycles. The molecule has 1 N–H and O–H groups in total. The third kappa shape index (κ3) is 1.79. The molecule has 0 bridgehead atoms. The summed E-state index contributed by atoms with van der Waals surface area (Å²) in [4.78, 5) is 0. The van der Waals surface area contributed by atoms with Crippen LogP contribution in [-0.4, -0.2) is 7.05 Å². The van der Waals surface area contributed by atoms with E-state index in [0.717, 1.165) is 16.7 Å². The zero-order valence-electron chi connectivity index (χ0n) is 8.53. The molecule has 4 heteroatoms. The van der Waals surface area contributed by atoms with Crippen LogP contribution in [0.4, 0.5) is 4.39 Å². The van der Waals surface area contributed by atoms with Gasteiger partial charge in [0.05, 0.1) is 11.0 Å². The molecule has 2 rings (SSSR count). The number of aryl methyl sites for hydroxylation is 1. The monoisotopic (exact) mass is 271 g/mol. The Morgan fingerprint density at radius 1 is 1.47 bits per heavy atom. The van der Waals surface area contributed by atoms with Crippen LogP contribution in [0.2, 0.25) is 0 Å². The van der Waals surface area contributed by atoms with Gasteiger partial charge in [0.1, 0.15) is 17.2 Å². The molecule has 0 saturated carbocycles. The summed E-state index contributed by atoms with van der Waals surface area (Å²) in [6.45, 7) is 2.63. The van der Waals surface area contributed by atoms with E-state index >= 15 is 0 Å². The average molecular weight is 272 g/mol. The van der Waals surface area contributed by atoms with Gasteiger partial charge in [0, 0.05) is 11.5 Å². The highest BCUT2D eigenvalue weighted by Crippen LogP contribution is 2.29. The zero-order valence-corrected chi connectivity index (χ0v) is 10.1. The summed E-state index contributed by atoms with van der Waals surface area (Å²) >= 11 is 3.17. The number of rotatable bonds is 2. The Morgan fingerprint density at radius 3 is 2.87 bits per heavy atom. The van der Waals surface area contributed by atoms with Crippen molar-refractivity contribution >= 4 is 26.9 Å². The molecule has 1 aromatic heterocycles. The number of hydrogen-bond acceptors (Lipinski definition) is 2. The van der Waals surface area contributed by atoms with Crippen LogP contribution in [0.5, 0.6) is 0 Å². The van der Waals surface area contributed by atoms with E-state index in [-0.39, 0.29) is 5.82 Å². The second-order valence-corrected chi connectivity index (χ2v) is 4.30. The van der Waals surface area contributed by atoms with Crippen LogP contribution in [-0.2, 0) is 6.54 Å². The van der Waals surface area contributed by atoms with Crippen molar-refractivity contribution in [2.45, 2.75) is 13.5 Å². The summed E-state index contributed by atoms with van der Waals surface area (Å²) in [7, 11) is 1.85. The number of halogens is 2. The van der Waals surface area contributed by atoms with Gasteiger partial charge in [-0.05, 0) is 41.5 Å². The summed E-state index contributed by atoms with van der Waals surface area (Å²) in [5, 5.41) is 3.97. The number of furan rings is 1. The number of fused-ring (bicyclic) bond motifs is 1. The molecule has 0 aliphatic heterocycles. The predicted octanol–water partition coefficient (Wildman–Crippen LogP) is 3.36. The Balaban J connectivity index is 2.66. The van der Waals surface area contributed by atoms with Gasteiger partial charge in [0.25, 0.3) is 0 Å². The first kappa shape index (κ1) is 10.6. The van der Waals surface area contributed by atoms with E-state index in [1.54, 1.807) is 6.07 Å². The molecule has 0 amide bonds. The van der Waals surface area contributed by atoms with Crippen LogP contribution in [0.15, 0.2) is 21.0 Å². The maximum atomic E-state index is 13.3. The fourth-order valence-electron chi connectivity index (χ4n) is 1.59. The SMILES string of the molecule is CNCc1oc2cc(F)c(Br)cc2c1C. The highest BCUT2D eigenvalue weighted by Gasteiger charge is 2.12. The van der Waals surface area contributed by atoms with Crippen molar-refractivity contribution in [2.24, 2.45) is 0 Å². The van der Waals surface area contributed by atoms with E-state index in [1.807, 2.05) is 14.0 Å². The second kappa shape index (κ2) is 3.94. The molecular formula is C11H11BrFNO. The fraction of sp³-hybridized carbons (Fsp3) is 0.273. The van der Waals surface area contributed by atoms with Crippen molar-refractivity contribution < 1.29 is 8.81 Å². The lowest BCUT2D eigenvalue weighted by atomic mass is 10.1. The van der Waals surface area contributed by atoms with Crippen LogP contribution in [0.3, 0.4) is 0 Å². The Labute approximate surface area is 95.6 Å². The molecule has 2 nitrogen and oxygen atoms in total. The maximum Gasteiger partial charge on any atom is 0.141 e. The minimum Gasteiger partial charge on any atom is -0.459 e. The summed E-state index contributed by atoms with van der Waals surface area (Å²) in [5.41, 5.74) is 1.65. The van der Waals surface area contributed by atoms with Crippen LogP contribution in [0, 0.1) is 12.7 Å². The maximum absolute atomic E-state index is 13.3. The third-order valence-electron chi connectivity index (χ3n) is 2.42. The van der Waals surface area contributed by atoms with Gasteiger partial charge in [-0.1, -0.05) is 0 Å². The van der Waals surface area contributed by atoms with Crippen molar-refractivity contribution in [3.63, 3.8) is 0 Å². The van der Waals surface area contributed by atoms with Gasteiger partial charge in [0.15, 0.2) is 0 Å². The van der Waals surface area contributed by atoms with E-state index in [2.05, 4.69) is 21.2 Å². The molecule has 0 unspecified atom stereocenters. The number of benzene rings is 1. The van der Waals surface area contributed by atoms with Crippen LogP contribution in [0.25, 0.3) is 11.0 Å². The van der Waals surface area contributed by atoms with Crippen LogP contribution >= 0.6 is 15.9 Å². The van der Waals surface area contributed by atoms with E-state index in [1.165, 1.54) is 6.07 Å². The van der Waals surface area contributed by atoms with E-state index in [9.17, 15) is 4.39 Å². The van der Waals surface area contributed by atoms with Crippen molar-refractivity contribution in [1.29, 1.82) is 0 Å². The first-order valence-corrected chi connectivity index (χ1v) is 5.44. The molecule has 2 aromatic rings. The molecule has 0 saturated heterocycles. The molecule has 1 aromatic carbocycles. The Kier molecular flexibility index (Phi) is 2.80. The second-order valence-electron chi connectivity index (χ2n) is 3.44. The first-order valence-electron chi connectivity index (χ1n) is 4.65. The van der Waals surface area contributed by atoms with E-state index in [4.69, 9.17) is 4.42 Å². The third-order valence-corrected chi connectivity index (χ3v) is 3.02. The Hall–Kier alpha value is -0.870. The van der Waals surface area contributed by atoms with Gasteiger partial charge in [0.2, 0.25) is 0 Å². The van der Waals surface area contributed by atoms with Gasteiger partial charge in [-0.15, -0.1) is 0 Å². The molecule has 1 heterocycles. The van der Waals surface area contributed by atoms with Crippen LogP contribution in [0.1, 0.15) is 11.3 Å². The normalized spacial score (nSPS) is 11.2. The minimum atomic E-state index is -0.299. The van der Waals surface area contributed by atoms with Crippen molar-refractivity contribution in [3.05, 3.63) is 33.7 Å². The molecule has 15 heavy (non-hydrogen) atoms. The van der Waals surface area contributed by atoms with Gasteiger partial charge in [-0.2, -0.15) is 0 Å². The van der Waals surface area contributed by atoms with E-state index in [0.29, 0.717) is 16.6 Å². The van der Waals surface area contributed by atoms with Gasteiger partial charge in [-0.3, -0.25) is 0 Å². The number of hydrogen-bond donors (Lipinski definition) is 1. The lowest BCUT2D eigenvalue weighted by molar-refractivity contribution is 0.523. The van der Waals surface area contributed by atoms with Gasteiger partial charge >= 0.3 is 0 Å². The lowest BCUT2D eigenvalue weighted by Crippen LogP contribution is -2.04. The van der Waals surface area contributed by atoms with Gasteiger partial charge < -0.3 is 9.73 Å². The van der Waals surface area contributed by atoms with Crippen LogP contribution < -0.4 is 5.32 Å². The Bertz CT molecular complexity index is 507. The predicted molar refractivity (Wildman–Crippen MR) is 61.4 cm³/mol. The number of nitrogens with one attached hydrogen (secondary N) is 1. The zero-order chi connectivity index (χ0) is 11.0.